The van der Waals surface area contributed by atoms with Crippen LogP contribution in [0.25, 0.3) is 11.3 Å². The zero-order valence-corrected chi connectivity index (χ0v) is 16.9. The highest BCUT2D eigenvalue weighted by Crippen LogP contribution is 2.28. The molecule has 3 aromatic rings. The van der Waals surface area contributed by atoms with Gasteiger partial charge in [-0.1, -0.05) is 29.8 Å². The minimum atomic E-state index is 0.139. The van der Waals surface area contributed by atoms with Crippen LogP contribution in [-0.4, -0.2) is 51.9 Å². The van der Waals surface area contributed by atoms with Gasteiger partial charge in [0, 0.05) is 57.3 Å². The van der Waals surface area contributed by atoms with Gasteiger partial charge >= 0.3 is 0 Å². The number of amides is 1. The van der Waals surface area contributed by atoms with Crippen LogP contribution in [0, 0.1) is 0 Å². The maximum absolute atomic E-state index is 12.6. The van der Waals surface area contributed by atoms with E-state index >= 15 is 0 Å². The lowest BCUT2D eigenvalue weighted by Crippen LogP contribution is -2.48. The summed E-state index contributed by atoms with van der Waals surface area (Å²) in [6.07, 6.45) is 4.35. The summed E-state index contributed by atoms with van der Waals surface area (Å²) in [5.41, 5.74) is 1.87. The van der Waals surface area contributed by atoms with E-state index in [2.05, 4.69) is 14.9 Å². The monoisotopic (exact) mass is 410 g/mol. The Labute approximate surface area is 175 Å². The van der Waals surface area contributed by atoms with E-state index in [-0.39, 0.29) is 5.91 Å². The lowest BCUT2D eigenvalue weighted by molar-refractivity contribution is -0.133. The third-order valence-electron chi connectivity index (χ3n) is 5.08. The highest BCUT2D eigenvalue weighted by molar-refractivity contribution is 6.33. The molecule has 1 aliphatic heterocycles. The van der Waals surface area contributed by atoms with E-state index in [1.54, 1.807) is 6.20 Å². The molecule has 6 nitrogen and oxygen atoms in total. The van der Waals surface area contributed by atoms with Crippen LogP contribution in [0.3, 0.4) is 0 Å². The van der Waals surface area contributed by atoms with Crippen molar-refractivity contribution in [2.24, 2.45) is 0 Å². The number of rotatable bonds is 6. The molecule has 4 rings (SSSR count). The predicted octanol–water partition coefficient (Wildman–Crippen LogP) is 3.67. The van der Waals surface area contributed by atoms with Gasteiger partial charge in [0.2, 0.25) is 5.91 Å². The Morgan fingerprint density at radius 2 is 1.83 bits per heavy atom. The first-order valence-corrected chi connectivity index (χ1v) is 10.2. The number of oxazole rings is 1. The fraction of sp³-hybridized carbons (Fsp3) is 0.318. The summed E-state index contributed by atoms with van der Waals surface area (Å²) in [4.78, 5) is 25.5. The van der Waals surface area contributed by atoms with Gasteiger partial charge in [0.05, 0.1) is 16.9 Å². The van der Waals surface area contributed by atoms with E-state index in [4.69, 9.17) is 16.0 Å². The molecule has 0 aliphatic carbocycles. The number of nitrogens with zero attached hydrogens (tertiary/aromatic N) is 4. The van der Waals surface area contributed by atoms with Crippen molar-refractivity contribution in [2.75, 3.05) is 26.2 Å². The van der Waals surface area contributed by atoms with E-state index in [0.29, 0.717) is 29.5 Å². The molecule has 1 amide bonds. The molecule has 1 saturated heterocycles. The molecule has 1 aliphatic rings. The van der Waals surface area contributed by atoms with Crippen molar-refractivity contribution < 1.29 is 9.21 Å². The topological polar surface area (TPSA) is 62.5 Å². The summed E-state index contributed by atoms with van der Waals surface area (Å²) in [5, 5.41) is 0.620. The Morgan fingerprint density at radius 3 is 2.59 bits per heavy atom. The summed E-state index contributed by atoms with van der Waals surface area (Å²) in [7, 11) is 0. The number of aryl methyl sites for hydroxylation is 1. The average molecular weight is 411 g/mol. The van der Waals surface area contributed by atoms with Gasteiger partial charge in [-0.15, -0.1) is 0 Å². The Balaban J connectivity index is 1.25. The lowest BCUT2D eigenvalue weighted by Gasteiger charge is -2.34. The molecule has 29 heavy (non-hydrogen) atoms. The van der Waals surface area contributed by atoms with Crippen LogP contribution < -0.4 is 0 Å². The molecule has 0 radical (unpaired) electrons. The van der Waals surface area contributed by atoms with Gasteiger partial charge in [0.25, 0.3) is 0 Å². The van der Waals surface area contributed by atoms with Gasteiger partial charge in [-0.3, -0.25) is 14.7 Å². The van der Waals surface area contributed by atoms with E-state index in [1.165, 1.54) is 0 Å². The fourth-order valence-corrected chi connectivity index (χ4v) is 3.69. The largest absolute Gasteiger partial charge is 0.441 e. The van der Waals surface area contributed by atoms with Gasteiger partial charge < -0.3 is 9.32 Å². The third kappa shape index (κ3) is 5.02. The number of carbonyl (C=O) groups is 1. The van der Waals surface area contributed by atoms with Crippen molar-refractivity contribution in [3.63, 3.8) is 0 Å². The van der Waals surface area contributed by atoms with Crippen molar-refractivity contribution >= 4 is 17.5 Å². The number of aromatic nitrogens is 2. The van der Waals surface area contributed by atoms with Gasteiger partial charge in [-0.2, -0.15) is 0 Å². The highest BCUT2D eigenvalue weighted by atomic mass is 35.5. The summed E-state index contributed by atoms with van der Waals surface area (Å²) in [5.74, 6) is 1.32. The molecule has 1 fully saturated rings. The number of pyridine rings is 1. The second kappa shape index (κ2) is 9.20. The average Bonchev–Trinajstić information content (AvgIpc) is 3.22. The van der Waals surface area contributed by atoms with Gasteiger partial charge in [-0.25, -0.2) is 4.98 Å². The normalized spacial score (nSPS) is 14.9. The molecular formula is C22H23ClN4O2. The van der Waals surface area contributed by atoms with E-state index in [1.807, 2.05) is 53.6 Å². The van der Waals surface area contributed by atoms with E-state index in [9.17, 15) is 4.79 Å². The van der Waals surface area contributed by atoms with Crippen molar-refractivity contribution in [1.82, 2.24) is 19.8 Å². The second-order valence-electron chi connectivity index (χ2n) is 7.08. The van der Waals surface area contributed by atoms with Crippen LogP contribution in [0.5, 0.6) is 0 Å². The van der Waals surface area contributed by atoms with E-state index in [0.717, 1.165) is 44.0 Å². The summed E-state index contributed by atoms with van der Waals surface area (Å²) < 4.78 is 5.79. The molecule has 0 spiro atoms. The standard InChI is InChI=1S/C22H23ClN4O2/c23-19-7-2-1-6-18(19)20-15-25-21(29-20)8-9-22(28)27-13-11-26(12-14-27)16-17-5-3-4-10-24-17/h1-7,10,15H,8-9,11-14,16H2. The quantitative estimate of drug-likeness (QED) is 0.620. The van der Waals surface area contributed by atoms with Crippen molar-refractivity contribution in [3.05, 3.63) is 71.5 Å². The van der Waals surface area contributed by atoms with Gasteiger partial charge in [-0.05, 0) is 24.3 Å². The molecule has 0 N–H and O–H groups in total. The minimum Gasteiger partial charge on any atom is -0.441 e. The molecule has 0 saturated carbocycles. The van der Waals surface area contributed by atoms with Crippen molar-refractivity contribution in [3.8, 4) is 11.3 Å². The van der Waals surface area contributed by atoms with Crippen LogP contribution in [0.4, 0.5) is 0 Å². The fourth-order valence-electron chi connectivity index (χ4n) is 3.46. The van der Waals surface area contributed by atoms with Crippen LogP contribution >= 0.6 is 11.6 Å². The van der Waals surface area contributed by atoms with Crippen molar-refractivity contribution in [2.45, 2.75) is 19.4 Å². The zero-order chi connectivity index (χ0) is 20.1. The van der Waals surface area contributed by atoms with Crippen LogP contribution in [0.1, 0.15) is 18.0 Å². The van der Waals surface area contributed by atoms with Crippen LogP contribution in [0.2, 0.25) is 5.02 Å². The van der Waals surface area contributed by atoms with Gasteiger partial charge in [0.1, 0.15) is 0 Å². The number of hydrogen-bond acceptors (Lipinski definition) is 5. The third-order valence-corrected chi connectivity index (χ3v) is 5.41. The van der Waals surface area contributed by atoms with E-state index < -0.39 is 0 Å². The first-order valence-electron chi connectivity index (χ1n) is 9.79. The molecular weight excluding hydrogens is 388 g/mol. The summed E-state index contributed by atoms with van der Waals surface area (Å²) in [6.45, 7) is 4.02. The Hall–Kier alpha value is -2.70. The molecule has 2 aromatic heterocycles. The zero-order valence-electron chi connectivity index (χ0n) is 16.1. The maximum atomic E-state index is 12.6. The molecule has 3 heterocycles. The first kappa shape index (κ1) is 19.6. The number of carbonyl (C=O) groups excluding carboxylic acids is 1. The molecule has 0 unspecified atom stereocenters. The number of hydrogen-bond donors (Lipinski definition) is 0. The number of benzene rings is 1. The Kier molecular flexibility index (Phi) is 6.22. The molecule has 0 bridgehead atoms. The van der Waals surface area contributed by atoms with Crippen LogP contribution in [0.15, 0.2) is 59.3 Å². The number of halogens is 1. The minimum absolute atomic E-state index is 0.139. The summed E-state index contributed by atoms with van der Waals surface area (Å²) in [6, 6.07) is 13.4. The summed E-state index contributed by atoms with van der Waals surface area (Å²) >= 11 is 6.20. The Bertz CT molecular complexity index is 952. The second-order valence-corrected chi connectivity index (χ2v) is 7.48. The smallest absolute Gasteiger partial charge is 0.223 e. The molecule has 0 atom stereocenters. The molecule has 1 aromatic carbocycles. The first-order chi connectivity index (χ1) is 14.2. The predicted molar refractivity (Wildman–Crippen MR) is 111 cm³/mol. The van der Waals surface area contributed by atoms with Crippen LogP contribution in [-0.2, 0) is 17.8 Å². The lowest BCUT2D eigenvalue weighted by atomic mass is 10.2. The molecule has 7 heteroatoms. The Morgan fingerprint density at radius 1 is 1.03 bits per heavy atom. The SMILES string of the molecule is O=C(CCc1ncc(-c2ccccc2Cl)o1)N1CCN(Cc2ccccn2)CC1. The van der Waals surface area contributed by atoms with Gasteiger partial charge in [0.15, 0.2) is 11.7 Å². The maximum Gasteiger partial charge on any atom is 0.223 e. The molecule has 150 valence electrons. The number of piperazine rings is 1. The highest BCUT2D eigenvalue weighted by Gasteiger charge is 2.21. The van der Waals surface area contributed by atoms with Crippen molar-refractivity contribution in [1.29, 1.82) is 0 Å².